The van der Waals surface area contributed by atoms with Gasteiger partial charge in [-0.05, 0) is 50.4 Å². The molecule has 0 aliphatic carbocycles. The van der Waals surface area contributed by atoms with Crippen LogP contribution in [0.5, 0.6) is 0 Å². The van der Waals surface area contributed by atoms with Gasteiger partial charge in [0.1, 0.15) is 0 Å². The van der Waals surface area contributed by atoms with Crippen molar-refractivity contribution in [1.82, 2.24) is 5.32 Å². The quantitative estimate of drug-likeness (QED) is 0.868. The maximum Gasteiger partial charge on any atom is 0.335 e. The van der Waals surface area contributed by atoms with Gasteiger partial charge in [-0.1, -0.05) is 6.07 Å². The second kappa shape index (κ2) is 5.48. The predicted octanol–water partition coefficient (Wildman–Crippen LogP) is 1.66. The molecule has 1 saturated heterocycles. The summed E-state index contributed by atoms with van der Waals surface area (Å²) in [5.41, 5.74) is 2.09. The molecule has 2 unspecified atom stereocenters. The van der Waals surface area contributed by atoms with Crippen molar-refractivity contribution in [3.63, 3.8) is 0 Å². The van der Waals surface area contributed by atoms with Gasteiger partial charge in [0.2, 0.25) is 5.91 Å². The van der Waals surface area contributed by atoms with Crippen molar-refractivity contribution in [3.8, 4) is 0 Å². The number of aromatic carboxylic acids is 1. The normalized spacial score (nSPS) is 24.7. The van der Waals surface area contributed by atoms with Crippen molar-refractivity contribution >= 4 is 17.6 Å². The topological polar surface area (TPSA) is 69.6 Å². The van der Waals surface area contributed by atoms with E-state index in [0.717, 1.165) is 37.1 Å². The fourth-order valence-corrected chi connectivity index (χ4v) is 3.32. The molecule has 1 amide bonds. The summed E-state index contributed by atoms with van der Waals surface area (Å²) in [6, 6.07) is 5.44. The molecule has 1 aromatic carbocycles. The number of nitrogens with one attached hydrogen (secondary N) is 1. The molecule has 5 nitrogen and oxygen atoms in total. The first kappa shape index (κ1) is 14.1. The van der Waals surface area contributed by atoms with Gasteiger partial charge >= 0.3 is 5.97 Å². The van der Waals surface area contributed by atoms with Crippen LogP contribution in [0.3, 0.4) is 0 Å². The zero-order valence-electron chi connectivity index (χ0n) is 12.1. The molecule has 1 aromatic rings. The van der Waals surface area contributed by atoms with E-state index in [1.807, 2.05) is 6.07 Å². The van der Waals surface area contributed by atoms with E-state index in [1.54, 1.807) is 17.0 Å². The number of hydrogen-bond acceptors (Lipinski definition) is 3. The first-order chi connectivity index (χ1) is 10.1. The molecule has 2 N–H and O–H groups in total. The summed E-state index contributed by atoms with van der Waals surface area (Å²) in [6.07, 6.45) is 2.51. The Labute approximate surface area is 123 Å². The molecule has 21 heavy (non-hydrogen) atoms. The molecular formula is C16H20N2O3. The largest absolute Gasteiger partial charge is 0.478 e. The lowest BCUT2D eigenvalue weighted by Crippen LogP contribution is -2.43. The number of carbonyl (C=O) groups excluding carboxylic acids is 1. The third-order valence-electron chi connectivity index (χ3n) is 4.47. The molecule has 0 saturated carbocycles. The van der Waals surface area contributed by atoms with Crippen LogP contribution in [-0.4, -0.2) is 36.1 Å². The Balaban J connectivity index is 1.84. The van der Waals surface area contributed by atoms with Crippen LogP contribution in [0, 0.1) is 5.92 Å². The van der Waals surface area contributed by atoms with Crippen molar-refractivity contribution in [2.45, 2.75) is 32.2 Å². The van der Waals surface area contributed by atoms with Crippen LogP contribution >= 0.6 is 0 Å². The van der Waals surface area contributed by atoms with E-state index >= 15 is 0 Å². The van der Waals surface area contributed by atoms with Gasteiger partial charge in [-0.3, -0.25) is 4.79 Å². The van der Waals surface area contributed by atoms with Crippen LogP contribution in [0.4, 0.5) is 5.69 Å². The highest BCUT2D eigenvalue weighted by Gasteiger charge is 2.32. The van der Waals surface area contributed by atoms with Crippen molar-refractivity contribution in [2.75, 3.05) is 18.0 Å². The Kier molecular flexibility index (Phi) is 3.68. The van der Waals surface area contributed by atoms with E-state index in [2.05, 4.69) is 12.2 Å². The van der Waals surface area contributed by atoms with E-state index in [-0.39, 0.29) is 17.4 Å². The standard InChI is InChI=1S/C16H20N2O3/c1-10-8-12(4-6-17-10)15(19)18-7-5-11-2-3-13(16(20)21)9-14(11)18/h2-3,9-10,12,17H,4-8H2,1H3,(H,20,21). The summed E-state index contributed by atoms with van der Waals surface area (Å²) in [4.78, 5) is 25.6. The maximum absolute atomic E-state index is 12.7. The molecule has 2 aliphatic heterocycles. The summed E-state index contributed by atoms with van der Waals surface area (Å²) < 4.78 is 0. The van der Waals surface area contributed by atoms with Gasteiger partial charge in [0.15, 0.2) is 0 Å². The molecule has 112 valence electrons. The molecule has 0 spiro atoms. The minimum atomic E-state index is -0.951. The number of fused-ring (bicyclic) bond motifs is 1. The molecule has 0 aromatic heterocycles. The fraction of sp³-hybridized carbons (Fsp3) is 0.500. The fourth-order valence-electron chi connectivity index (χ4n) is 3.32. The number of carbonyl (C=O) groups is 2. The SMILES string of the molecule is CC1CC(C(=O)N2CCc3ccc(C(=O)O)cc32)CCN1. The Morgan fingerprint density at radius 2 is 2.19 bits per heavy atom. The Bertz CT molecular complexity index is 585. The van der Waals surface area contributed by atoms with Crippen LogP contribution in [0.1, 0.15) is 35.7 Å². The van der Waals surface area contributed by atoms with Gasteiger partial charge in [0.05, 0.1) is 5.56 Å². The second-order valence-electron chi connectivity index (χ2n) is 5.96. The van der Waals surface area contributed by atoms with Gasteiger partial charge in [-0.25, -0.2) is 4.79 Å². The van der Waals surface area contributed by atoms with Crippen molar-refractivity contribution in [1.29, 1.82) is 0 Å². The first-order valence-corrected chi connectivity index (χ1v) is 7.47. The molecule has 5 heteroatoms. The van der Waals surface area contributed by atoms with Gasteiger partial charge in [0, 0.05) is 24.2 Å². The van der Waals surface area contributed by atoms with Crippen molar-refractivity contribution < 1.29 is 14.7 Å². The smallest absolute Gasteiger partial charge is 0.335 e. The number of rotatable bonds is 2. The van der Waals surface area contributed by atoms with Crippen LogP contribution in [0.2, 0.25) is 0 Å². The average molecular weight is 288 g/mol. The molecule has 0 radical (unpaired) electrons. The second-order valence-corrected chi connectivity index (χ2v) is 5.96. The molecule has 3 rings (SSSR count). The summed E-state index contributed by atoms with van der Waals surface area (Å²) >= 11 is 0. The third kappa shape index (κ3) is 2.65. The highest BCUT2D eigenvalue weighted by Crippen LogP contribution is 2.32. The van der Waals surface area contributed by atoms with Gasteiger partial charge in [0.25, 0.3) is 0 Å². The van der Waals surface area contributed by atoms with Crippen molar-refractivity contribution in [3.05, 3.63) is 29.3 Å². The van der Waals surface area contributed by atoms with E-state index < -0.39 is 5.97 Å². The van der Waals surface area contributed by atoms with E-state index in [0.29, 0.717) is 12.6 Å². The van der Waals surface area contributed by atoms with E-state index in [4.69, 9.17) is 5.11 Å². The minimum absolute atomic E-state index is 0.0423. The number of anilines is 1. The number of amides is 1. The zero-order valence-corrected chi connectivity index (χ0v) is 12.1. The first-order valence-electron chi connectivity index (χ1n) is 7.47. The lowest BCUT2D eigenvalue weighted by Gasteiger charge is -2.30. The minimum Gasteiger partial charge on any atom is -0.478 e. The number of hydrogen-bond donors (Lipinski definition) is 2. The number of carboxylic acids is 1. The lowest BCUT2D eigenvalue weighted by molar-refractivity contribution is -0.123. The highest BCUT2D eigenvalue weighted by atomic mass is 16.4. The van der Waals surface area contributed by atoms with Crippen LogP contribution in [0.25, 0.3) is 0 Å². The van der Waals surface area contributed by atoms with Gasteiger partial charge in [-0.2, -0.15) is 0 Å². The summed E-state index contributed by atoms with van der Waals surface area (Å²) in [5, 5.41) is 12.5. The molecule has 1 fully saturated rings. The number of nitrogens with zero attached hydrogens (tertiary/aromatic N) is 1. The zero-order chi connectivity index (χ0) is 15.0. The monoisotopic (exact) mass is 288 g/mol. The summed E-state index contributed by atoms with van der Waals surface area (Å²) in [6.45, 7) is 3.63. The van der Waals surface area contributed by atoms with Crippen LogP contribution in [-0.2, 0) is 11.2 Å². The van der Waals surface area contributed by atoms with Gasteiger partial charge in [-0.15, -0.1) is 0 Å². The molecular weight excluding hydrogens is 268 g/mol. The van der Waals surface area contributed by atoms with Crippen LogP contribution < -0.4 is 10.2 Å². The highest BCUT2D eigenvalue weighted by molar-refractivity contribution is 5.99. The molecule has 2 atom stereocenters. The lowest BCUT2D eigenvalue weighted by atomic mass is 9.92. The van der Waals surface area contributed by atoms with Crippen molar-refractivity contribution in [2.24, 2.45) is 5.92 Å². The van der Waals surface area contributed by atoms with E-state index in [1.165, 1.54) is 0 Å². The Morgan fingerprint density at radius 1 is 1.38 bits per heavy atom. The Morgan fingerprint density at radius 3 is 2.90 bits per heavy atom. The summed E-state index contributed by atoms with van der Waals surface area (Å²) in [7, 11) is 0. The van der Waals surface area contributed by atoms with Gasteiger partial charge < -0.3 is 15.3 Å². The summed E-state index contributed by atoms with van der Waals surface area (Å²) in [5.74, 6) is -0.766. The average Bonchev–Trinajstić information content (AvgIpc) is 2.89. The molecule has 0 bridgehead atoms. The number of piperidine rings is 1. The van der Waals surface area contributed by atoms with E-state index in [9.17, 15) is 9.59 Å². The molecule has 2 heterocycles. The Hall–Kier alpha value is -1.88. The number of benzene rings is 1. The third-order valence-corrected chi connectivity index (χ3v) is 4.47. The number of carboxylic acid groups (broad SMARTS) is 1. The van der Waals surface area contributed by atoms with Crippen LogP contribution in [0.15, 0.2) is 18.2 Å². The maximum atomic E-state index is 12.7. The molecule has 2 aliphatic rings. The predicted molar refractivity (Wildman–Crippen MR) is 79.6 cm³/mol.